The molecule has 0 bridgehead atoms. The molecule has 1 aliphatic heterocycles. The van der Waals surface area contributed by atoms with Gasteiger partial charge in [-0.3, -0.25) is 4.79 Å². The molecule has 2 aliphatic rings. The second-order valence-corrected chi connectivity index (χ2v) is 7.85. The monoisotopic (exact) mass is 361 g/mol. The number of rotatable bonds is 7. The van der Waals surface area contributed by atoms with Gasteiger partial charge in [0.05, 0.1) is 18.2 Å². The number of hydrogen-bond acceptors (Lipinski definition) is 2. The average molecular weight is 362 g/mol. The number of carbonyl (C=O) groups is 1. The third-order valence-electron chi connectivity index (χ3n) is 5.71. The smallest absolute Gasteiger partial charge is 0.226 e. The second-order valence-electron chi connectivity index (χ2n) is 7.42. The number of benzene rings is 1. The molecular formula is C21H28ClNO2. The minimum absolute atomic E-state index is 0.0125. The molecule has 1 N–H and O–H groups in total. The van der Waals surface area contributed by atoms with E-state index in [9.17, 15) is 9.90 Å². The zero-order chi connectivity index (χ0) is 18.0. The summed E-state index contributed by atoms with van der Waals surface area (Å²) in [6, 6.07) is 7.69. The number of allylic oxidation sites excluding steroid dienone is 1. The van der Waals surface area contributed by atoms with E-state index in [1.807, 2.05) is 35.2 Å². The molecular weight excluding hydrogens is 334 g/mol. The summed E-state index contributed by atoms with van der Waals surface area (Å²) in [5.74, 6) is 0.502. The molecule has 1 saturated carbocycles. The lowest BCUT2D eigenvalue weighted by Gasteiger charge is -2.45. The fourth-order valence-corrected chi connectivity index (χ4v) is 4.29. The molecule has 1 heterocycles. The summed E-state index contributed by atoms with van der Waals surface area (Å²) in [5.41, 5.74) is 1.11. The zero-order valence-corrected chi connectivity index (χ0v) is 15.7. The molecule has 1 aromatic carbocycles. The van der Waals surface area contributed by atoms with Crippen LogP contribution in [0.5, 0.6) is 0 Å². The first-order chi connectivity index (χ1) is 12.1. The number of amides is 1. The van der Waals surface area contributed by atoms with Crippen molar-refractivity contribution in [1.29, 1.82) is 0 Å². The highest BCUT2D eigenvalue weighted by Crippen LogP contribution is 2.42. The topological polar surface area (TPSA) is 40.5 Å². The second kappa shape index (κ2) is 7.92. The lowest BCUT2D eigenvalue weighted by Crippen LogP contribution is -2.53. The van der Waals surface area contributed by atoms with Crippen molar-refractivity contribution in [3.8, 4) is 0 Å². The van der Waals surface area contributed by atoms with Crippen LogP contribution in [0.15, 0.2) is 36.9 Å². The van der Waals surface area contributed by atoms with E-state index < -0.39 is 6.10 Å². The van der Waals surface area contributed by atoms with Crippen molar-refractivity contribution in [2.24, 2.45) is 11.8 Å². The molecule has 1 amide bonds. The van der Waals surface area contributed by atoms with Crippen LogP contribution in [0.4, 0.5) is 0 Å². The summed E-state index contributed by atoms with van der Waals surface area (Å²) in [4.78, 5) is 15.2. The first-order valence-corrected chi connectivity index (χ1v) is 9.81. The molecule has 0 spiro atoms. The molecule has 2 fully saturated rings. The van der Waals surface area contributed by atoms with E-state index in [-0.39, 0.29) is 23.9 Å². The largest absolute Gasteiger partial charge is 0.391 e. The number of piperidine rings is 1. The Morgan fingerprint density at radius 2 is 1.96 bits per heavy atom. The van der Waals surface area contributed by atoms with Crippen LogP contribution in [0.3, 0.4) is 0 Å². The van der Waals surface area contributed by atoms with Crippen molar-refractivity contribution < 1.29 is 9.90 Å². The van der Waals surface area contributed by atoms with Crippen LogP contribution < -0.4 is 0 Å². The zero-order valence-electron chi connectivity index (χ0n) is 14.9. The number of halogens is 1. The van der Waals surface area contributed by atoms with Gasteiger partial charge in [-0.05, 0) is 62.1 Å². The molecule has 3 nitrogen and oxygen atoms in total. The summed E-state index contributed by atoms with van der Waals surface area (Å²) in [6.45, 7) is 5.87. The van der Waals surface area contributed by atoms with E-state index in [2.05, 4.69) is 13.5 Å². The Morgan fingerprint density at radius 3 is 2.52 bits per heavy atom. The Labute approximate surface area is 155 Å². The van der Waals surface area contributed by atoms with Crippen molar-refractivity contribution in [2.75, 3.05) is 0 Å². The molecule has 4 heteroatoms. The number of aliphatic hydroxyl groups is 1. The average Bonchev–Trinajstić information content (AvgIpc) is 3.44. The van der Waals surface area contributed by atoms with Crippen molar-refractivity contribution >= 4 is 17.5 Å². The highest BCUT2D eigenvalue weighted by atomic mass is 35.5. The van der Waals surface area contributed by atoms with Gasteiger partial charge in [0, 0.05) is 10.9 Å². The molecule has 0 radical (unpaired) electrons. The lowest BCUT2D eigenvalue weighted by molar-refractivity contribution is -0.149. The number of hydrogen-bond donors (Lipinski definition) is 1. The molecule has 4 unspecified atom stereocenters. The molecule has 25 heavy (non-hydrogen) atoms. The van der Waals surface area contributed by atoms with Gasteiger partial charge in [-0.15, -0.1) is 6.58 Å². The highest BCUT2D eigenvalue weighted by molar-refractivity contribution is 6.30. The molecule has 1 saturated heterocycles. The number of nitrogens with zero attached hydrogens (tertiary/aromatic N) is 1. The van der Waals surface area contributed by atoms with Gasteiger partial charge in [-0.1, -0.05) is 36.7 Å². The molecule has 1 aromatic rings. The number of carbonyl (C=O) groups excluding carboxylic acids is 1. The summed E-state index contributed by atoms with van der Waals surface area (Å²) in [6.07, 6.45) is 6.81. The van der Waals surface area contributed by atoms with Crippen LogP contribution in [-0.4, -0.2) is 28.1 Å². The third kappa shape index (κ3) is 3.93. The standard InChI is InChI=1S/C21H28ClNO2/c1-3-5-16-10-13-19(14-8-11-17(22)12-9-14)23(21(16)25)18(4-2)20(24)15-6-7-15/h3,8-9,11-12,15-16,18-20,24H,1,4-7,10,13H2,2H3. The third-order valence-corrected chi connectivity index (χ3v) is 5.96. The summed E-state index contributed by atoms with van der Waals surface area (Å²) in [5, 5.41) is 11.5. The number of likely N-dealkylation sites (tertiary alicyclic amines) is 1. The predicted octanol–water partition coefficient (Wildman–Crippen LogP) is 4.75. The van der Waals surface area contributed by atoms with Crippen molar-refractivity contribution in [1.82, 2.24) is 4.90 Å². The van der Waals surface area contributed by atoms with Crippen molar-refractivity contribution in [3.05, 3.63) is 47.5 Å². The Balaban J connectivity index is 1.92. The lowest BCUT2D eigenvalue weighted by atomic mass is 9.84. The first-order valence-electron chi connectivity index (χ1n) is 9.43. The van der Waals surface area contributed by atoms with Gasteiger partial charge in [-0.2, -0.15) is 0 Å². The van der Waals surface area contributed by atoms with E-state index >= 15 is 0 Å². The Morgan fingerprint density at radius 1 is 1.28 bits per heavy atom. The van der Waals surface area contributed by atoms with Crippen LogP contribution in [-0.2, 0) is 4.79 Å². The molecule has 4 atom stereocenters. The van der Waals surface area contributed by atoms with Crippen molar-refractivity contribution in [3.63, 3.8) is 0 Å². The quantitative estimate of drug-likeness (QED) is 0.712. The van der Waals surface area contributed by atoms with Crippen LogP contribution in [0, 0.1) is 11.8 Å². The SMILES string of the molecule is C=CCC1CCC(c2ccc(Cl)cc2)N(C(CC)C(O)C2CC2)C1=O. The maximum atomic E-state index is 13.3. The van der Waals surface area contributed by atoms with Gasteiger partial charge in [-0.25, -0.2) is 0 Å². The normalized spacial score (nSPS) is 26.4. The van der Waals surface area contributed by atoms with Gasteiger partial charge in [0.1, 0.15) is 0 Å². The van der Waals surface area contributed by atoms with Crippen LogP contribution >= 0.6 is 11.6 Å². The van der Waals surface area contributed by atoms with Gasteiger partial charge < -0.3 is 10.0 Å². The summed E-state index contributed by atoms with van der Waals surface area (Å²) in [7, 11) is 0. The van der Waals surface area contributed by atoms with E-state index in [0.29, 0.717) is 17.4 Å². The first kappa shape index (κ1) is 18.5. The van der Waals surface area contributed by atoms with E-state index in [0.717, 1.165) is 37.7 Å². The van der Waals surface area contributed by atoms with Crippen molar-refractivity contribution in [2.45, 2.75) is 63.6 Å². The summed E-state index contributed by atoms with van der Waals surface area (Å²) < 4.78 is 0. The van der Waals surface area contributed by atoms with Gasteiger partial charge in [0.25, 0.3) is 0 Å². The number of aliphatic hydroxyl groups excluding tert-OH is 1. The summed E-state index contributed by atoms with van der Waals surface area (Å²) >= 11 is 6.04. The van der Waals surface area contributed by atoms with Gasteiger partial charge in [0.2, 0.25) is 5.91 Å². The van der Waals surface area contributed by atoms with Gasteiger partial charge >= 0.3 is 0 Å². The van der Waals surface area contributed by atoms with Gasteiger partial charge in [0.15, 0.2) is 0 Å². The fourth-order valence-electron chi connectivity index (χ4n) is 4.17. The van der Waals surface area contributed by atoms with E-state index in [1.54, 1.807) is 0 Å². The molecule has 136 valence electrons. The van der Waals surface area contributed by atoms with E-state index in [4.69, 9.17) is 11.6 Å². The maximum absolute atomic E-state index is 13.3. The highest BCUT2D eigenvalue weighted by Gasteiger charge is 2.44. The molecule has 3 rings (SSSR count). The Hall–Kier alpha value is -1.32. The fraction of sp³-hybridized carbons (Fsp3) is 0.571. The molecule has 0 aromatic heterocycles. The maximum Gasteiger partial charge on any atom is 0.226 e. The minimum atomic E-state index is -0.425. The van der Waals surface area contributed by atoms with Crippen LogP contribution in [0.1, 0.15) is 57.1 Å². The molecule has 1 aliphatic carbocycles. The predicted molar refractivity (Wildman–Crippen MR) is 101 cm³/mol. The van der Waals surface area contributed by atoms with Crippen LogP contribution in [0.25, 0.3) is 0 Å². The Kier molecular flexibility index (Phi) is 5.85. The Bertz CT molecular complexity index is 611. The van der Waals surface area contributed by atoms with E-state index in [1.165, 1.54) is 0 Å². The van der Waals surface area contributed by atoms with Crippen LogP contribution in [0.2, 0.25) is 5.02 Å². The minimum Gasteiger partial charge on any atom is -0.391 e.